The molecule has 34 heavy (non-hydrogen) atoms. The molecule has 3 aromatic carbocycles. The molecule has 0 unspecified atom stereocenters. The highest BCUT2D eigenvalue weighted by Gasteiger charge is 2.17. The van der Waals surface area contributed by atoms with Gasteiger partial charge in [-0.05, 0) is 17.7 Å². The predicted octanol–water partition coefficient (Wildman–Crippen LogP) is 5.61. The number of hydrogen-bond acceptors (Lipinski definition) is 5. The van der Waals surface area contributed by atoms with Crippen molar-refractivity contribution in [1.82, 2.24) is 15.2 Å². The van der Waals surface area contributed by atoms with Crippen molar-refractivity contribution in [3.05, 3.63) is 113 Å². The van der Waals surface area contributed by atoms with Crippen LogP contribution in [0, 0.1) is 0 Å². The molecule has 0 spiro atoms. The van der Waals surface area contributed by atoms with Crippen LogP contribution in [-0.4, -0.2) is 21.9 Å². The van der Waals surface area contributed by atoms with E-state index in [1.165, 1.54) is 11.3 Å². The van der Waals surface area contributed by atoms with Crippen LogP contribution < -0.4 is 11.2 Å². The Hall–Kier alpha value is -4.49. The number of nitrogens with zero attached hydrogens (tertiary/aromatic N) is 3. The molecular weight excluding hydrogens is 442 g/mol. The fraction of sp³-hybridized carbons (Fsp3) is 0. The second kappa shape index (κ2) is 9.56. The molecule has 3 N–H and O–H groups in total. The molecule has 5 rings (SSSR count). The summed E-state index contributed by atoms with van der Waals surface area (Å²) < 4.78 is 1.80. The molecule has 7 heteroatoms. The maximum absolute atomic E-state index is 12.8. The summed E-state index contributed by atoms with van der Waals surface area (Å²) in [7, 11) is 0. The van der Waals surface area contributed by atoms with E-state index in [4.69, 9.17) is 10.8 Å². The third-order valence-electron chi connectivity index (χ3n) is 5.30. The zero-order valence-corrected chi connectivity index (χ0v) is 18.9. The minimum absolute atomic E-state index is 0.349. The summed E-state index contributed by atoms with van der Waals surface area (Å²) in [5.74, 6) is -0.349. The number of aromatic nitrogens is 2. The smallest absolute Gasteiger partial charge is 0.283 e. The molecule has 2 heterocycles. The van der Waals surface area contributed by atoms with Crippen LogP contribution in [-0.2, 0) is 0 Å². The first-order valence-electron chi connectivity index (χ1n) is 10.7. The minimum atomic E-state index is -0.349. The summed E-state index contributed by atoms with van der Waals surface area (Å²) in [6.45, 7) is 0. The van der Waals surface area contributed by atoms with Crippen LogP contribution in [0.2, 0.25) is 0 Å². The summed E-state index contributed by atoms with van der Waals surface area (Å²) in [4.78, 5) is 13.2. The van der Waals surface area contributed by atoms with E-state index >= 15 is 0 Å². The number of benzene rings is 3. The van der Waals surface area contributed by atoms with Gasteiger partial charge in [0.1, 0.15) is 10.6 Å². The molecule has 0 radical (unpaired) electrons. The van der Waals surface area contributed by atoms with Crippen LogP contribution in [0.1, 0.15) is 15.2 Å². The molecule has 0 atom stereocenters. The van der Waals surface area contributed by atoms with Crippen molar-refractivity contribution >= 4 is 29.1 Å². The minimum Gasteiger partial charge on any atom is -0.397 e. The number of carbonyl (C=O) groups excluding carboxylic acids is 1. The van der Waals surface area contributed by atoms with Crippen molar-refractivity contribution in [2.24, 2.45) is 5.10 Å². The van der Waals surface area contributed by atoms with Gasteiger partial charge in [-0.3, -0.25) is 4.79 Å². The lowest BCUT2D eigenvalue weighted by atomic mass is 10.1. The molecule has 0 aliphatic rings. The van der Waals surface area contributed by atoms with Crippen molar-refractivity contribution in [2.75, 3.05) is 5.73 Å². The molecule has 0 bridgehead atoms. The maximum Gasteiger partial charge on any atom is 0.283 e. The zero-order valence-electron chi connectivity index (χ0n) is 18.1. The summed E-state index contributed by atoms with van der Waals surface area (Å²) in [6, 6.07) is 29.5. The third kappa shape index (κ3) is 4.37. The van der Waals surface area contributed by atoms with E-state index in [2.05, 4.69) is 10.5 Å². The Kier molecular flexibility index (Phi) is 6.01. The van der Waals surface area contributed by atoms with Gasteiger partial charge in [0.25, 0.3) is 5.91 Å². The first-order valence-corrected chi connectivity index (χ1v) is 11.5. The average Bonchev–Trinajstić information content (AvgIpc) is 3.49. The van der Waals surface area contributed by atoms with Gasteiger partial charge >= 0.3 is 0 Å². The highest BCUT2D eigenvalue weighted by atomic mass is 32.1. The number of hydrazone groups is 1. The normalized spacial score (nSPS) is 11.1. The Morgan fingerprint density at radius 2 is 1.53 bits per heavy atom. The first kappa shape index (κ1) is 21.4. The number of hydrogen-bond donors (Lipinski definition) is 2. The van der Waals surface area contributed by atoms with E-state index in [1.807, 2.05) is 103 Å². The number of nitrogens with two attached hydrogens (primary N) is 1. The molecule has 166 valence electrons. The average molecular weight is 464 g/mol. The van der Waals surface area contributed by atoms with Crippen LogP contribution in [0.5, 0.6) is 0 Å². The summed E-state index contributed by atoms with van der Waals surface area (Å²) in [5, 5.41) is 10.8. The Morgan fingerprint density at radius 1 is 0.912 bits per heavy atom. The van der Waals surface area contributed by atoms with Crippen molar-refractivity contribution in [2.45, 2.75) is 0 Å². The number of anilines is 1. The van der Waals surface area contributed by atoms with E-state index in [0.717, 1.165) is 33.6 Å². The molecule has 0 saturated carbocycles. The van der Waals surface area contributed by atoms with E-state index in [-0.39, 0.29) is 5.91 Å². The standard InChI is InChI=1S/C27H21N5OS/c28-24-23(19-10-4-1-5-11-19)18-34-26(24)27(33)30-29-16-21-17-32(22-14-8-3-9-15-22)31-25(21)20-12-6-2-7-13-20/h1-18H,28H2,(H,30,33)/b29-16+. The van der Waals surface area contributed by atoms with E-state index < -0.39 is 0 Å². The maximum atomic E-state index is 12.8. The second-order valence-corrected chi connectivity index (χ2v) is 8.42. The molecule has 5 aromatic rings. The second-order valence-electron chi connectivity index (χ2n) is 7.54. The van der Waals surface area contributed by atoms with E-state index in [9.17, 15) is 4.79 Å². The number of nitrogen functional groups attached to an aromatic ring is 1. The van der Waals surface area contributed by atoms with Crippen LogP contribution in [0.4, 0.5) is 5.69 Å². The Labute approximate surface area is 201 Å². The molecule has 2 aromatic heterocycles. The summed E-state index contributed by atoms with van der Waals surface area (Å²) in [5.41, 5.74) is 14.6. The molecule has 0 fully saturated rings. The van der Waals surface area contributed by atoms with Gasteiger partial charge in [-0.2, -0.15) is 10.2 Å². The topological polar surface area (TPSA) is 85.3 Å². The number of rotatable bonds is 6. The van der Waals surface area contributed by atoms with E-state index in [0.29, 0.717) is 10.6 Å². The van der Waals surface area contributed by atoms with Crippen molar-refractivity contribution < 1.29 is 4.79 Å². The third-order valence-corrected chi connectivity index (χ3v) is 6.30. The first-order chi connectivity index (χ1) is 16.7. The summed E-state index contributed by atoms with van der Waals surface area (Å²) >= 11 is 1.30. The number of amides is 1. The van der Waals surface area contributed by atoms with Crippen LogP contribution in [0.3, 0.4) is 0 Å². The lowest BCUT2D eigenvalue weighted by Gasteiger charge is -2.02. The largest absolute Gasteiger partial charge is 0.397 e. The Morgan fingerprint density at radius 3 is 2.21 bits per heavy atom. The van der Waals surface area contributed by atoms with Gasteiger partial charge in [0.2, 0.25) is 0 Å². The van der Waals surface area contributed by atoms with Crippen molar-refractivity contribution in [3.8, 4) is 28.1 Å². The van der Waals surface area contributed by atoms with Crippen LogP contribution in [0.15, 0.2) is 108 Å². The molecule has 0 aliphatic heterocycles. The number of thiophene rings is 1. The molecule has 0 saturated heterocycles. The van der Waals surface area contributed by atoms with Gasteiger partial charge in [-0.15, -0.1) is 11.3 Å². The van der Waals surface area contributed by atoms with Gasteiger partial charge in [0.05, 0.1) is 17.6 Å². The highest BCUT2D eigenvalue weighted by Crippen LogP contribution is 2.33. The molecule has 6 nitrogen and oxygen atoms in total. The fourth-order valence-corrected chi connectivity index (χ4v) is 4.50. The lowest BCUT2D eigenvalue weighted by molar-refractivity contribution is 0.0960. The monoisotopic (exact) mass is 463 g/mol. The molecular formula is C27H21N5OS. The van der Waals surface area contributed by atoms with Crippen LogP contribution >= 0.6 is 11.3 Å². The molecule has 1 amide bonds. The van der Waals surface area contributed by atoms with Crippen molar-refractivity contribution in [3.63, 3.8) is 0 Å². The Balaban J connectivity index is 1.40. The zero-order chi connectivity index (χ0) is 23.3. The van der Waals surface area contributed by atoms with Crippen molar-refractivity contribution in [1.29, 1.82) is 0 Å². The number of para-hydroxylation sites is 1. The SMILES string of the molecule is Nc1c(-c2ccccc2)csc1C(=O)N/N=C/c1cn(-c2ccccc2)nc1-c1ccccc1. The van der Waals surface area contributed by atoms with Gasteiger partial charge in [-0.1, -0.05) is 78.9 Å². The number of carbonyl (C=O) groups is 1. The summed E-state index contributed by atoms with van der Waals surface area (Å²) in [6.07, 6.45) is 3.49. The lowest BCUT2D eigenvalue weighted by Crippen LogP contribution is -2.17. The molecule has 0 aliphatic carbocycles. The van der Waals surface area contributed by atoms with Gasteiger partial charge in [0, 0.05) is 28.3 Å². The Bertz CT molecular complexity index is 1440. The number of nitrogens with one attached hydrogen (secondary N) is 1. The van der Waals surface area contributed by atoms with E-state index in [1.54, 1.807) is 10.9 Å². The van der Waals surface area contributed by atoms with Gasteiger partial charge in [0.15, 0.2) is 0 Å². The van der Waals surface area contributed by atoms with Gasteiger partial charge < -0.3 is 5.73 Å². The fourth-order valence-electron chi connectivity index (χ4n) is 3.61. The highest BCUT2D eigenvalue weighted by molar-refractivity contribution is 7.13. The van der Waals surface area contributed by atoms with Gasteiger partial charge in [-0.25, -0.2) is 10.1 Å². The predicted molar refractivity (Wildman–Crippen MR) is 138 cm³/mol. The van der Waals surface area contributed by atoms with Crippen LogP contribution in [0.25, 0.3) is 28.1 Å². The quantitative estimate of drug-likeness (QED) is 0.253.